The molecule has 0 aliphatic heterocycles. The van der Waals surface area contributed by atoms with E-state index in [2.05, 4.69) is 19.9 Å². The van der Waals surface area contributed by atoms with E-state index in [4.69, 9.17) is 13.1 Å². The van der Waals surface area contributed by atoms with Crippen LogP contribution >= 0.6 is 0 Å². The minimum atomic E-state index is -1.29. The molecule has 0 fully saturated rings. The number of hydrogen-bond donors (Lipinski definition) is 0. The Morgan fingerprint density at radius 3 is 1.31 bits per heavy atom. The molecule has 0 radical (unpaired) electrons. The third-order valence-corrected chi connectivity index (χ3v) is 1.80. The van der Waals surface area contributed by atoms with Gasteiger partial charge in [0.05, 0.1) is 13.1 Å². The minimum absolute atomic E-state index is 0.762. The number of hydrogen-bond acceptors (Lipinski definition) is 4. The fourth-order valence-corrected chi connectivity index (χ4v) is 0.609. The molecule has 0 bridgehead atoms. The smallest absolute Gasteiger partial charge is 0.313 e. The highest BCUT2D eigenvalue weighted by atomic mass is 16.2. The summed E-state index contributed by atoms with van der Waals surface area (Å²) in [4.78, 5) is 27.7. The molecule has 84 valence electrons. The van der Waals surface area contributed by atoms with Crippen molar-refractivity contribution in [3.8, 4) is 0 Å². The van der Waals surface area contributed by atoms with Gasteiger partial charge < -0.3 is 9.59 Å². The Morgan fingerprint density at radius 2 is 1.12 bits per heavy atom. The molecule has 0 spiro atoms. The van der Waals surface area contributed by atoms with E-state index in [-0.39, 0.29) is 0 Å². The predicted molar refractivity (Wildman–Crippen MR) is 56.2 cm³/mol. The quantitative estimate of drug-likeness (QED) is 0.536. The van der Waals surface area contributed by atoms with E-state index in [1.54, 1.807) is 0 Å². The first kappa shape index (κ1) is 13.9. The normalized spacial score (nSPS) is 11.9. The summed E-state index contributed by atoms with van der Waals surface area (Å²) < 4.78 is 0. The van der Waals surface area contributed by atoms with Crippen LogP contribution in [0.25, 0.3) is 9.69 Å². The zero-order chi connectivity index (χ0) is 13.0. The van der Waals surface area contributed by atoms with Crippen LogP contribution in [0.5, 0.6) is 0 Å². The molecule has 0 aliphatic carbocycles. The van der Waals surface area contributed by atoms with Gasteiger partial charge in [0.1, 0.15) is 11.1 Å². The molecule has 0 aromatic carbocycles. The lowest BCUT2D eigenvalue weighted by atomic mass is 10.1. The lowest BCUT2D eigenvalue weighted by Crippen LogP contribution is -2.30. The second-order valence-corrected chi connectivity index (χ2v) is 4.15. The first-order chi connectivity index (χ1) is 7.17. The molecular weight excluding hydrogens is 208 g/mol. The van der Waals surface area contributed by atoms with Gasteiger partial charge in [-0.05, 0) is 27.7 Å². The zero-order valence-corrected chi connectivity index (χ0v) is 9.61. The van der Waals surface area contributed by atoms with Gasteiger partial charge in [0.25, 0.3) is 0 Å². The van der Waals surface area contributed by atoms with Gasteiger partial charge in [-0.2, -0.15) is 19.9 Å². The van der Waals surface area contributed by atoms with Crippen LogP contribution in [0.2, 0.25) is 0 Å². The highest BCUT2D eigenvalue weighted by Crippen LogP contribution is 2.18. The summed E-state index contributed by atoms with van der Waals surface area (Å²) in [7, 11) is 0. The molecule has 0 heterocycles. The number of carbonyl (C=O) groups excluding carboxylic acids is 2. The SMILES string of the molecule is [C-]#[N+]C(=O)C(C)(C)N=NC(C)(C)C(=O)[N+]#[C-]. The molecule has 0 aliphatic rings. The molecule has 0 N–H and O–H groups in total. The van der Waals surface area contributed by atoms with E-state index >= 15 is 0 Å². The summed E-state index contributed by atoms with van der Waals surface area (Å²) in [6, 6.07) is 0. The van der Waals surface area contributed by atoms with Crippen LogP contribution in [-0.4, -0.2) is 22.9 Å². The van der Waals surface area contributed by atoms with E-state index in [0.29, 0.717) is 0 Å². The van der Waals surface area contributed by atoms with E-state index in [0.717, 1.165) is 0 Å². The largest absolute Gasteiger partial charge is 0.383 e. The summed E-state index contributed by atoms with van der Waals surface area (Å²) >= 11 is 0. The van der Waals surface area contributed by atoms with Gasteiger partial charge in [0.15, 0.2) is 0 Å². The minimum Gasteiger partial charge on any atom is -0.313 e. The molecule has 0 aromatic rings. The molecule has 0 atom stereocenters. The van der Waals surface area contributed by atoms with Crippen LogP contribution in [0.1, 0.15) is 27.7 Å². The summed E-state index contributed by atoms with van der Waals surface area (Å²) in [6.45, 7) is 18.9. The topological polar surface area (TPSA) is 67.6 Å². The highest BCUT2D eigenvalue weighted by Gasteiger charge is 2.32. The highest BCUT2D eigenvalue weighted by molar-refractivity contribution is 5.94. The van der Waals surface area contributed by atoms with Crippen molar-refractivity contribution in [1.29, 1.82) is 0 Å². The number of carbonyl (C=O) groups is 2. The molecule has 0 saturated heterocycles. The van der Waals surface area contributed by atoms with Crippen molar-refractivity contribution in [2.24, 2.45) is 10.2 Å². The Labute approximate surface area is 94.0 Å². The molecule has 6 nitrogen and oxygen atoms in total. The van der Waals surface area contributed by atoms with Crippen LogP contribution in [0.15, 0.2) is 10.2 Å². The Bertz CT molecular complexity index is 381. The maximum atomic E-state index is 11.1. The van der Waals surface area contributed by atoms with Crippen molar-refractivity contribution >= 4 is 11.8 Å². The number of rotatable bonds is 4. The Hall–Kier alpha value is -2.08. The Balaban J connectivity index is 5.02. The summed E-state index contributed by atoms with van der Waals surface area (Å²) in [5.74, 6) is -1.52. The lowest BCUT2D eigenvalue weighted by molar-refractivity contribution is -0.120. The maximum absolute atomic E-state index is 11.1. The zero-order valence-electron chi connectivity index (χ0n) is 9.61. The molecule has 0 aromatic heterocycles. The van der Waals surface area contributed by atoms with Crippen molar-refractivity contribution in [3.05, 3.63) is 22.8 Å². The molecule has 0 unspecified atom stereocenters. The van der Waals surface area contributed by atoms with Crippen molar-refractivity contribution in [3.63, 3.8) is 0 Å². The van der Waals surface area contributed by atoms with Crippen LogP contribution < -0.4 is 0 Å². The van der Waals surface area contributed by atoms with Crippen LogP contribution in [0, 0.1) is 13.1 Å². The van der Waals surface area contributed by atoms with E-state index in [9.17, 15) is 9.59 Å². The van der Waals surface area contributed by atoms with Gasteiger partial charge in [0.2, 0.25) is 0 Å². The van der Waals surface area contributed by atoms with Gasteiger partial charge >= 0.3 is 11.8 Å². The first-order valence-electron chi connectivity index (χ1n) is 4.45. The van der Waals surface area contributed by atoms with E-state index in [1.165, 1.54) is 27.7 Å². The van der Waals surface area contributed by atoms with E-state index < -0.39 is 22.9 Å². The lowest BCUT2D eigenvalue weighted by Gasteiger charge is -2.16. The Morgan fingerprint density at radius 1 is 0.875 bits per heavy atom. The average molecular weight is 220 g/mol. The Kier molecular flexibility index (Phi) is 4.02. The van der Waals surface area contributed by atoms with Crippen molar-refractivity contribution < 1.29 is 9.59 Å². The second-order valence-electron chi connectivity index (χ2n) is 4.15. The average Bonchev–Trinajstić information content (AvgIpc) is 2.24. The predicted octanol–water partition coefficient (Wildman–Crippen LogP) is 1.89. The molecule has 0 rings (SSSR count). The summed E-state index contributed by atoms with van der Waals surface area (Å²) in [5, 5.41) is 7.33. The summed E-state index contributed by atoms with van der Waals surface area (Å²) in [6.07, 6.45) is 0. The van der Waals surface area contributed by atoms with Gasteiger partial charge in [-0.1, -0.05) is 0 Å². The van der Waals surface area contributed by atoms with Crippen molar-refractivity contribution in [2.75, 3.05) is 0 Å². The molecule has 0 saturated carbocycles. The summed E-state index contributed by atoms with van der Waals surface area (Å²) in [5.41, 5.74) is -2.58. The molecular formula is C10H12N4O2. The van der Waals surface area contributed by atoms with Gasteiger partial charge in [-0.15, -0.1) is 0 Å². The molecule has 16 heavy (non-hydrogen) atoms. The molecule has 2 amide bonds. The van der Waals surface area contributed by atoms with Gasteiger partial charge in [0, 0.05) is 0 Å². The van der Waals surface area contributed by atoms with Gasteiger partial charge in [-0.25, -0.2) is 0 Å². The number of nitrogens with zero attached hydrogens (tertiary/aromatic N) is 4. The van der Waals surface area contributed by atoms with Crippen molar-refractivity contribution in [2.45, 2.75) is 38.8 Å². The van der Waals surface area contributed by atoms with Crippen LogP contribution in [-0.2, 0) is 9.59 Å². The fourth-order valence-electron chi connectivity index (χ4n) is 0.609. The third kappa shape index (κ3) is 3.25. The second kappa shape index (κ2) is 4.63. The third-order valence-electron chi connectivity index (χ3n) is 1.80. The fraction of sp³-hybridized carbons (Fsp3) is 0.600. The standard InChI is InChI=1S/C10H12N4O2/c1-9(2,7(15)11-5)13-14-10(3,4)8(16)12-6/h1-4H3. The van der Waals surface area contributed by atoms with E-state index in [1.807, 2.05) is 0 Å². The monoisotopic (exact) mass is 220 g/mol. The van der Waals surface area contributed by atoms with Gasteiger partial charge in [-0.3, -0.25) is 0 Å². The first-order valence-corrected chi connectivity index (χ1v) is 4.45. The van der Waals surface area contributed by atoms with Crippen LogP contribution in [0.3, 0.4) is 0 Å². The van der Waals surface area contributed by atoms with Crippen molar-refractivity contribution in [1.82, 2.24) is 0 Å². The maximum Gasteiger partial charge on any atom is 0.383 e. The van der Waals surface area contributed by atoms with Crippen LogP contribution in [0.4, 0.5) is 0 Å². The number of amides is 2. The number of azo groups is 1. The molecule has 6 heteroatoms.